The first-order valence-corrected chi connectivity index (χ1v) is 15.0. The molecule has 0 atom stereocenters. The van der Waals surface area contributed by atoms with E-state index in [0.717, 1.165) is 39.0 Å². The number of pyridine rings is 1. The van der Waals surface area contributed by atoms with Gasteiger partial charge in [-0.2, -0.15) is 18.2 Å². The number of imidazole rings is 1. The van der Waals surface area contributed by atoms with Gasteiger partial charge in [-0.05, 0) is 63.9 Å². The van der Waals surface area contributed by atoms with Crippen LogP contribution in [0.4, 0.5) is 0 Å². The van der Waals surface area contributed by atoms with Crippen LogP contribution in [0.2, 0.25) is 0 Å². The molecule has 4 aromatic carbocycles. The van der Waals surface area contributed by atoms with Crippen LogP contribution in [0.3, 0.4) is 0 Å². The molecule has 5 nitrogen and oxygen atoms in total. The molecule has 0 N–H and O–H groups in total. The summed E-state index contributed by atoms with van der Waals surface area (Å²) < 4.78 is 12.4. The number of aromatic nitrogens is 4. The van der Waals surface area contributed by atoms with E-state index in [1.807, 2.05) is 52.0 Å². The molecule has 45 heavy (non-hydrogen) atoms. The Labute approximate surface area is 279 Å². The first kappa shape index (κ1) is 30.6. The van der Waals surface area contributed by atoms with E-state index in [0.29, 0.717) is 17.4 Å². The predicted molar refractivity (Wildman–Crippen MR) is 175 cm³/mol. The van der Waals surface area contributed by atoms with Gasteiger partial charge in [0.25, 0.3) is 6.33 Å². The molecule has 6 heteroatoms. The number of hydrogen-bond acceptors (Lipinski definition) is 2. The first-order chi connectivity index (χ1) is 21.2. The Bertz CT molecular complexity index is 2120. The summed E-state index contributed by atoms with van der Waals surface area (Å²) in [7, 11) is 0. The maximum atomic E-state index is 6.36. The first-order valence-electron chi connectivity index (χ1n) is 15.0. The number of fused-ring (bicyclic) bond motifs is 3. The van der Waals surface area contributed by atoms with Crippen LogP contribution >= 0.6 is 0 Å². The van der Waals surface area contributed by atoms with Crippen molar-refractivity contribution in [1.82, 2.24) is 14.1 Å². The Morgan fingerprint density at radius 3 is 2.38 bits per heavy atom. The van der Waals surface area contributed by atoms with Crippen LogP contribution in [-0.2, 0) is 26.5 Å². The van der Waals surface area contributed by atoms with Crippen LogP contribution < -0.4 is 9.30 Å². The zero-order chi connectivity index (χ0) is 30.4. The minimum atomic E-state index is 0. The molecule has 0 fully saturated rings. The number of hydrogen-bond donors (Lipinski definition) is 0. The molecular weight excluding hydrogens is 736 g/mol. The Balaban J connectivity index is 0.00000357. The third kappa shape index (κ3) is 5.97. The molecule has 0 bridgehead atoms. The van der Waals surface area contributed by atoms with Crippen LogP contribution in [0.1, 0.15) is 51.7 Å². The van der Waals surface area contributed by atoms with Crippen molar-refractivity contribution in [1.29, 1.82) is 0 Å². The van der Waals surface area contributed by atoms with Crippen LogP contribution in [-0.4, -0.2) is 14.1 Å². The van der Waals surface area contributed by atoms with Gasteiger partial charge in [0, 0.05) is 56.7 Å². The molecule has 7 aromatic rings. The number of para-hydroxylation sites is 1. The maximum Gasteiger partial charge on any atom is 0.267 e. The smallest absolute Gasteiger partial charge is 0.267 e. The molecule has 0 aliphatic rings. The van der Waals surface area contributed by atoms with Gasteiger partial charge in [0.05, 0.1) is 5.69 Å². The van der Waals surface area contributed by atoms with Crippen molar-refractivity contribution >= 4 is 21.8 Å². The second kappa shape index (κ2) is 12.1. The molecule has 0 aliphatic heterocycles. The Morgan fingerprint density at radius 2 is 1.60 bits per heavy atom. The average Bonchev–Trinajstić information content (AvgIpc) is 3.64. The van der Waals surface area contributed by atoms with Gasteiger partial charge in [-0.15, -0.1) is 29.7 Å². The third-order valence-electron chi connectivity index (χ3n) is 8.05. The van der Waals surface area contributed by atoms with Crippen LogP contribution in [0.5, 0.6) is 11.5 Å². The van der Waals surface area contributed by atoms with E-state index < -0.39 is 0 Å². The summed E-state index contributed by atoms with van der Waals surface area (Å²) in [6.45, 7) is 11.1. The predicted octanol–water partition coefficient (Wildman–Crippen LogP) is 8.86. The van der Waals surface area contributed by atoms with Gasteiger partial charge >= 0.3 is 0 Å². The third-order valence-corrected chi connectivity index (χ3v) is 8.05. The van der Waals surface area contributed by atoms with Crippen molar-refractivity contribution in [2.75, 3.05) is 0 Å². The number of rotatable bonds is 6. The Hall–Kier alpha value is -4.47. The van der Waals surface area contributed by atoms with E-state index >= 15 is 0 Å². The van der Waals surface area contributed by atoms with E-state index in [-0.39, 0.29) is 26.5 Å². The van der Waals surface area contributed by atoms with Crippen LogP contribution in [0, 0.1) is 18.5 Å². The summed E-state index contributed by atoms with van der Waals surface area (Å²) in [4.78, 5) is 4.78. The van der Waals surface area contributed by atoms with E-state index in [2.05, 4.69) is 124 Å². The SMILES string of the molecule is CC(C)c1ccc(-[n+]2[c-]n(-c3[c-]c(Oc4[c-]c5c(cc4)c4ccccc4n5-c4cc(C(C)(C)C)ccn4)ccc3)cc2)cc1.[Pt]. The zero-order valence-corrected chi connectivity index (χ0v) is 28.3. The second-order valence-electron chi connectivity index (χ2n) is 12.5. The molecule has 3 heterocycles. The van der Waals surface area contributed by atoms with Crippen molar-refractivity contribution < 1.29 is 30.4 Å². The molecule has 3 aromatic heterocycles. The van der Waals surface area contributed by atoms with Crippen LogP contribution in [0.25, 0.3) is 39.0 Å². The Kier molecular flexibility index (Phi) is 8.24. The van der Waals surface area contributed by atoms with Gasteiger partial charge in [0.2, 0.25) is 0 Å². The number of benzene rings is 4. The van der Waals surface area contributed by atoms with Gasteiger partial charge in [0.15, 0.2) is 0 Å². The van der Waals surface area contributed by atoms with Crippen molar-refractivity contribution in [3.63, 3.8) is 0 Å². The molecule has 0 aliphatic carbocycles. The van der Waals surface area contributed by atoms with Gasteiger partial charge in [0.1, 0.15) is 5.82 Å². The molecule has 7 rings (SSSR count). The molecule has 0 spiro atoms. The maximum absolute atomic E-state index is 6.36. The molecule has 0 unspecified atom stereocenters. The quantitative estimate of drug-likeness (QED) is 0.125. The molecule has 0 radical (unpaired) electrons. The van der Waals surface area contributed by atoms with E-state index in [9.17, 15) is 0 Å². The van der Waals surface area contributed by atoms with Crippen LogP contribution in [0.15, 0.2) is 110 Å². The summed E-state index contributed by atoms with van der Waals surface area (Å²) in [5, 5.41) is 2.25. The second-order valence-corrected chi connectivity index (χ2v) is 12.5. The van der Waals surface area contributed by atoms with Gasteiger partial charge < -0.3 is 13.9 Å². The minimum Gasteiger partial charge on any atom is -0.510 e. The van der Waals surface area contributed by atoms with Gasteiger partial charge in [-0.3, -0.25) is 4.57 Å². The summed E-state index contributed by atoms with van der Waals surface area (Å²) in [5.74, 6) is 2.57. The number of ether oxygens (including phenoxy) is 1. The van der Waals surface area contributed by atoms with Crippen molar-refractivity contribution in [2.45, 2.75) is 46.0 Å². The molecule has 0 amide bonds. The largest absolute Gasteiger partial charge is 0.510 e. The van der Waals surface area contributed by atoms with Crippen molar-refractivity contribution in [3.05, 3.63) is 139 Å². The van der Waals surface area contributed by atoms with Crippen molar-refractivity contribution in [2.24, 2.45) is 0 Å². The summed E-state index contributed by atoms with van der Waals surface area (Å²) >= 11 is 0. The topological polar surface area (TPSA) is 35.9 Å². The monoisotopic (exact) mass is 769 g/mol. The fraction of sp³-hybridized carbons (Fsp3) is 0.179. The van der Waals surface area contributed by atoms with E-state index in [1.54, 1.807) is 0 Å². The zero-order valence-electron chi connectivity index (χ0n) is 26.0. The summed E-state index contributed by atoms with van der Waals surface area (Å²) in [6.07, 6.45) is 9.25. The number of nitrogens with zero attached hydrogens (tertiary/aromatic N) is 4. The fourth-order valence-corrected chi connectivity index (χ4v) is 5.55. The Morgan fingerprint density at radius 1 is 0.822 bits per heavy atom. The summed E-state index contributed by atoms with van der Waals surface area (Å²) in [5.41, 5.74) is 6.43. The normalized spacial score (nSPS) is 11.7. The molecule has 0 saturated carbocycles. The molecule has 228 valence electrons. The molecular formula is C39H34N4OPt-2. The standard InChI is InChI=1S/C39H34N4O.Pt/c1-27(2)28-13-15-30(16-14-28)41-21-22-42(26-41)31-9-8-10-32(24-31)44-33-17-18-35-34-11-6-7-12-36(34)43(37(35)25-33)38-23-29(19-20-40-38)39(3,4)5;/h6-23,27H,1-5H3;/q-2;. The average molecular weight is 770 g/mol. The van der Waals surface area contributed by atoms with E-state index in [1.165, 1.54) is 11.1 Å². The van der Waals surface area contributed by atoms with Gasteiger partial charge in [-0.25, -0.2) is 4.98 Å². The van der Waals surface area contributed by atoms with Gasteiger partial charge in [-0.1, -0.05) is 70.5 Å². The van der Waals surface area contributed by atoms with E-state index in [4.69, 9.17) is 9.72 Å². The van der Waals surface area contributed by atoms with Crippen molar-refractivity contribution in [3.8, 4) is 28.7 Å². The molecule has 0 saturated heterocycles. The summed E-state index contributed by atoms with van der Waals surface area (Å²) in [6, 6.07) is 38.1. The fourth-order valence-electron chi connectivity index (χ4n) is 5.55. The minimum absolute atomic E-state index is 0.